The van der Waals surface area contributed by atoms with Gasteiger partial charge in [-0.25, -0.2) is 8.78 Å². The minimum absolute atomic E-state index is 0.106. The molecule has 0 aliphatic heterocycles. The van der Waals surface area contributed by atoms with E-state index in [1.807, 2.05) is 13.8 Å². The molecule has 0 fully saturated rings. The molecule has 0 bridgehead atoms. The maximum atomic E-state index is 12.0. The summed E-state index contributed by atoms with van der Waals surface area (Å²) in [5.74, 6) is 0. The molecule has 1 nitrogen and oxygen atoms in total. The van der Waals surface area contributed by atoms with Gasteiger partial charge >= 0.3 is 0 Å². The third-order valence-electron chi connectivity index (χ3n) is 1.68. The minimum atomic E-state index is -2.22. The molecule has 0 spiro atoms. The zero-order valence-electron chi connectivity index (χ0n) is 7.56. The van der Waals surface area contributed by atoms with Gasteiger partial charge in [-0.05, 0) is 26.8 Å². The van der Waals surface area contributed by atoms with Crippen molar-refractivity contribution in [1.29, 1.82) is 0 Å². The number of hydrogen-bond donors (Lipinski definition) is 0. The lowest BCUT2D eigenvalue weighted by Crippen LogP contribution is -2.35. The van der Waals surface area contributed by atoms with E-state index in [1.54, 1.807) is 4.90 Å². The first-order chi connectivity index (χ1) is 5.57. The summed E-state index contributed by atoms with van der Waals surface area (Å²) < 4.78 is 24.0. The fraction of sp³-hybridized carbons (Fsp3) is 1.00. The molecule has 0 aliphatic carbocycles. The number of alkyl halides is 3. The van der Waals surface area contributed by atoms with Crippen LogP contribution in [0, 0.1) is 0 Å². The topological polar surface area (TPSA) is 3.24 Å². The minimum Gasteiger partial charge on any atom is -0.295 e. The molecule has 0 radical (unpaired) electrons. The molecule has 0 amide bonds. The Kier molecular flexibility index (Phi) is 6.95. The smallest absolute Gasteiger partial charge is 0.251 e. The molecule has 0 unspecified atom stereocenters. The van der Waals surface area contributed by atoms with Crippen molar-refractivity contribution in [3.8, 4) is 0 Å². The quantitative estimate of drug-likeness (QED) is 0.649. The van der Waals surface area contributed by atoms with Crippen molar-refractivity contribution in [3.05, 3.63) is 0 Å². The highest BCUT2D eigenvalue weighted by atomic mass is 79.9. The molecule has 0 saturated carbocycles. The SMILES string of the molecule is CC(C)N(CCCBr)CC(F)F. The van der Waals surface area contributed by atoms with E-state index in [0.717, 1.165) is 18.3 Å². The predicted octanol–water partition coefficient (Wildman–Crippen LogP) is 2.75. The third kappa shape index (κ3) is 5.89. The first kappa shape index (κ1) is 12.3. The Morgan fingerprint density at radius 1 is 1.33 bits per heavy atom. The van der Waals surface area contributed by atoms with Gasteiger partial charge in [0.15, 0.2) is 0 Å². The summed E-state index contributed by atoms with van der Waals surface area (Å²) in [6.07, 6.45) is -1.30. The Hall–Kier alpha value is 0.300. The van der Waals surface area contributed by atoms with Crippen LogP contribution in [0.25, 0.3) is 0 Å². The van der Waals surface area contributed by atoms with Crippen LogP contribution in [0.2, 0.25) is 0 Å². The Morgan fingerprint density at radius 2 is 1.92 bits per heavy atom. The van der Waals surface area contributed by atoms with Crippen LogP contribution >= 0.6 is 15.9 Å². The predicted molar refractivity (Wildman–Crippen MR) is 51.1 cm³/mol. The first-order valence-corrected chi connectivity index (χ1v) is 5.28. The van der Waals surface area contributed by atoms with Crippen molar-refractivity contribution in [2.45, 2.75) is 32.7 Å². The fourth-order valence-corrected chi connectivity index (χ4v) is 1.25. The normalized spacial score (nSPS) is 12.0. The van der Waals surface area contributed by atoms with E-state index in [9.17, 15) is 8.78 Å². The van der Waals surface area contributed by atoms with E-state index in [2.05, 4.69) is 15.9 Å². The van der Waals surface area contributed by atoms with Crippen LogP contribution in [-0.4, -0.2) is 35.8 Å². The number of hydrogen-bond acceptors (Lipinski definition) is 1. The van der Waals surface area contributed by atoms with Gasteiger partial charge < -0.3 is 0 Å². The fourth-order valence-electron chi connectivity index (χ4n) is 1.00. The molecule has 0 aromatic carbocycles. The summed E-state index contributed by atoms with van der Waals surface area (Å²) in [6.45, 7) is 4.52. The molecular formula is C8H16BrF2N. The van der Waals surface area contributed by atoms with Crippen molar-refractivity contribution in [1.82, 2.24) is 4.90 Å². The van der Waals surface area contributed by atoms with Gasteiger partial charge in [-0.1, -0.05) is 15.9 Å². The van der Waals surface area contributed by atoms with E-state index < -0.39 is 6.43 Å². The highest BCUT2D eigenvalue weighted by Gasteiger charge is 2.13. The van der Waals surface area contributed by atoms with Crippen molar-refractivity contribution in [3.63, 3.8) is 0 Å². The Labute approximate surface area is 81.3 Å². The maximum absolute atomic E-state index is 12.0. The zero-order chi connectivity index (χ0) is 9.56. The van der Waals surface area contributed by atoms with Crippen molar-refractivity contribution in [2.75, 3.05) is 18.4 Å². The Balaban J connectivity index is 3.70. The molecule has 0 saturated heterocycles. The van der Waals surface area contributed by atoms with Gasteiger partial charge in [0.1, 0.15) is 0 Å². The molecule has 74 valence electrons. The van der Waals surface area contributed by atoms with Gasteiger partial charge in [-0.15, -0.1) is 0 Å². The Bertz CT molecular complexity index is 109. The second-order valence-corrected chi connectivity index (χ2v) is 3.82. The average molecular weight is 244 g/mol. The standard InChI is InChI=1S/C8H16BrF2N/c1-7(2)12(5-3-4-9)6-8(10)11/h7-8H,3-6H2,1-2H3. The lowest BCUT2D eigenvalue weighted by molar-refractivity contribution is 0.0734. The van der Waals surface area contributed by atoms with Crippen molar-refractivity contribution < 1.29 is 8.78 Å². The number of halogens is 3. The van der Waals surface area contributed by atoms with Crippen LogP contribution in [0.3, 0.4) is 0 Å². The van der Waals surface area contributed by atoms with Crippen molar-refractivity contribution in [2.24, 2.45) is 0 Å². The Morgan fingerprint density at radius 3 is 2.25 bits per heavy atom. The number of rotatable bonds is 6. The molecule has 0 aromatic heterocycles. The van der Waals surface area contributed by atoms with Crippen LogP contribution in [0.1, 0.15) is 20.3 Å². The highest BCUT2D eigenvalue weighted by Crippen LogP contribution is 2.05. The van der Waals surface area contributed by atoms with E-state index in [-0.39, 0.29) is 12.6 Å². The van der Waals surface area contributed by atoms with E-state index in [0.29, 0.717) is 0 Å². The van der Waals surface area contributed by atoms with E-state index >= 15 is 0 Å². The number of nitrogens with zero attached hydrogens (tertiary/aromatic N) is 1. The molecule has 0 aromatic rings. The highest BCUT2D eigenvalue weighted by molar-refractivity contribution is 9.09. The second-order valence-electron chi connectivity index (χ2n) is 3.02. The molecule has 0 rings (SSSR count). The van der Waals surface area contributed by atoms with Crippen LogP contribution in [0.4, 0.5) is 8.78 Å². The molecule has 12 heavy (non-hydrogen) atoms. The summed E-state index contributed by atoms with van der Waals surface area (Å²) in [5, 5.41) is 0.874. The molecule has 4 heteroatoms. The lowest BCUT2D eigenvalue weighted by Gasteiger charge is -2.25. The lowest BCUT2D eigenvalue weighted by atomic mass is 10.3. The van der Waals surface area contributed by atoms with Crippen LogP contribution in [0.5, 0.6) is 0 Å². The molecule has 0 atom stereocenters. The van der Waals surface area contributed by atoms with E-state index in [1.165, 1.54) is 0 Å². The largest absolute Gasteiger partial charge is 0.295 e. The first-order valence-electron chi connectivity index (χ1n) is 4.16. The van der Waals surface area contributed by atoms with Gasteiger partial charge in [0.25, 0.3) is 6.43 Å². The van der Waals surface area contributed by atoms with Gasteiger partial charge in [-0.2, -0.15) is 0 Å². The van der Waals surface area contributed by atoms with Gasteiger partial charge in [0.2, 0.25) is 0 Å². The van der Waals surface area contributed by atoms with Crippen LogP contribution in [-0.2, 0) is 0 Å². The summed E-state index contributed by atoms with van der Waals surface area (Å²) >= 11 is 3.28. The van der Waals surface area contributed by atoms with Gasteiger partial charge in [-0.3, -0.25) is 4.90 Å². The molecule has 0 heterocycles. The third-order valence-corrected chi connectivity index (χ3v) is 2.24. The van der Waals surface area contributed by atoms with Gasteiger partial charge in [0, 0.05) is 11.4 Å². The van der Waals surface area contributed by atoms with Gasteiger partial charge in [0.05, 0.1) is 6.54 Å². The molecule has 0 aliphatic rings. The summed E-state index contributed by atoms with van der Waals surface area (Å²) in [4.78, 5) is 1.80. The second kappa shape index (κ2) is 6.78. The zero-order valence-corrected chi connectivity index (χ0v) is 9.15. The van der Waals surface area contributed by atoms with Crippen LogP contribution in [0.15, 0.2) is 0 Å². The summed E-state index contributed by atoms with van der Waals surface area (Å²) in [5.41, 5.74) is 0. The van der Waals surface area contributed by atoms with Crippen molar-refractivity contribution >= 4 is 15.9 Å². The van der Waals surface area contributed by atoms with E-state index in [4.69, 9.17) is 0 Å². The maximum Gasteiger partial charge on any atom is 0.251 e. The molecule has 0 N–H and O–H groups in total. The summed E-state index contributed by atoms with van der Waals surface area (Å²) in [7, 11) is 0. The summed E-state index contributed by atoms with van der Waals surface area (Å²) in [6, 6.07) is 0.207. The van der Waals surface area contributed by atoms with Crippen LogP contribution < -0.4 is 0 Å². The average Bonchev–Trinajstić information content (AvgIpc) is 1.96. The molecular weight excluding hydrogens is 228 g/mol. The monoisotopic (exact) mass is 243 g/mol.